The maximum atomic E-state index is 12.4. The van der Waals surface area contributed by atoms with E-state index in [9.17, 15) is 9.90 Å². The van der Waals surface area contributed by atoms with Crippen LogP contribution in [-0.4, -0.2) is 30.9 Å². The summed E-state index contributed by atoms with van der Waals surface area (Å²) in [4.78, 5) is 12.4. The lowest BCUT2D eigenvalue weighted by atomic mass is 10.1. The zero-order valence-corrected chi connectivity index (χ0v) is 16.2. The van der Waals surface area contributed by atoms with Gasteiger partial charge in [-0.15, -0.1) is 0 Å². The average Bonchev–Trinajstić information content (AvgIpc) is 2.67. The van der Waals surface area contributed by atoms with Crippen LogP contribution in [0.4, 0.5) is 0 Å². The Morgan fingerprint density at radius 3 is 2.61 bits per heavy atom. The molecule has 3 rings (SSSR count). The van der Waals surface area contributed by atoms with E-state index in [-0.39, 0.29) is 11.3 Å². The molecule has 0 saturated carbocycles. The molecule has 0 fully saturated rings. The minimum Gasteiger partial charge on any atom is -0.507 e. The summed E-state index contributed by atoms with van der Waals surface area (Å²) in [6.45, 7) is 2.30. The first kappa shape index (κ1) is 19.5. The number of fused-ring (bicyclic) bond motifs is 1. The molecule has 7 heteroatoms. The number of amides is 1. The van der Waals surface area contributed by atoms with Crippen LogP contribution in [0.1, 0.15) is 22.8 Å². The third-order valence-electron chi connectivity index (χ3n) is 4.02. The minimum absolute atomic E-state index is 0.113. The summed E-state index contributed by atoms with van der Waals surface area (Å²) >= 11 is 6.20. The Morgan fingerprint density at radius 2 is 1.93 bits per heavy atom. The van der Waals surface area contributed by atoms with Crippen molar-refractivity contribution in [3.63, 3.8) is 0 Å². The Kier molecular flexibility index (Phi) is 6.01. The number of hydrogen-bond acceptors (Lipinski definition) is 5. The first-order chi connectivity index (χ1) is 13.5. The number of methoxy groups -OCH3 is 1. The van der Waals surface area contributed by atoms with E-state index in [1.165, 1.54) is 13.3 Å². The van der Waals surface area contributed by atoms with Gasteiger partial charge in [0.15, 0.2) is 11.5 Å². The number of carbonyl (C=O) groups is 1. The smallest absolute Gasteiger partial charge is 0.275 e. The highest BCUT2D eigenvalue weighted by Gasteiger charge is 2.13. The van der Waals surface area contributed by atoms with Crippen molar-refractivity contribution < 1.29 is 19.4 Å². The van der Waals surface area contributed by atoms with E-state index in [4.69, 9.17) is 21.1 Å². The fraction of sp³-hybridized carbons (Fsp3) is 0.143. The topological polar surface area (TPSA) is 80.2 Å². The molecule has 0 saturated heterocycles. The molecule has 2 N–H and O–H groups in total. The number of phenols is 1. The van der Waals surface area contributed by atoms with Crippen molar-refractivity contribution >= 4 is 34.5 Å². The number of nitrogens with one attached hydrogen (secondary N) is 1. The summed E-state index contributed by atoms with van der Waals surface area (Å²) in [5, 5.41) is 16.1. The van der Waals surface area contributed by atoms with Gasteiger partial charge in [-0.05, 0) is 47.5 Å². The number of hydrogen-bond donors (Lipinski definition) is 2. The number of nitrogens with zero attached hydrogens (tertiary/aromatic N) is 1. The Morgan fingerprint density at radius 1 is 1.21 bits per heavy atom. The molecule has 1 amide bonds. The van der Waals surface area contributed by atoms with Crippen molar-refractivity contribution in [2.24, 2.45) is 5.10 Å². The standard InChI is InChI=1S/C21H19ClN2O4/c1-3-28-19-9-13(8-17(22)20(19)27-2)12-23-24-21(26)16-10-14-6-4-5-7-15(14)11-18(16)25/h4-12,25H,3H2,1-2H3,(H,24,26). The number of hydrazone groups is 1. The second kappa shape index (κ2) is 8.63. The summed E-state index contributed by atoms with van der Waals surface area (Å²) in [6, 6.07) is 14.0. The summed E-state index contributed by atoms with van der Waals surface area (Å²) < 4.78 is 10.7. The molecular formula is C21H19ClN2O4. The van der Waals surface area contributed by atoms with Gasteiger partial charge in [-0.3, -0.25) is 4.79 Å². The van der Waals surface area contributed by atoms with Crippen LogP contribution >= 0.6 is 11.6 Å². The molecule has 28 heavy (non-hydrogen) atoms. The number of aromatic hydroxyl groups is 1. The van der Waals surface area contributed by atoms with Gasteiger partial charge in [-0.1, -0.05) is 35.9 Å². The van der Waals surface area contributed by atoms with Crippen LogP contribution < -0.4 is 14.9 Å². The van der Waals surface area contributed by atoms with Gasteiger partial charge in [0.05, 0.1) is 30.5 Å². The van der Waals surface area contributed by atoms with Crippen LogP contribution in [0.2, 0.25) is 5.02 Å². The molecule has 0 aliphatic heterocycles. The second-order valence-electron chi connectivity index (χ2n) is 5.88. The van der Waals surface area contributed by atoms with Crippen LogP contribution in [-0.2, 0) is 0 Å². The first-order valence-corrected chi connectivity index (χ1v) is 8.96. The second-order valence-corrected chi connectivity index (χ2v) is 6.29. The van der Waals surface area contributed by atoms with Crippen LogP contribution in [0, 0.1) is 0 Å². The zero-order chi connectivity index (χ0) is 20.1. The van der Waals surface area contributed by atoms with Crippen molar-refractivity contribution in [2.45, 2.75) is 6.92 Å². The summed E-state index contributed by atoms with van der Waals surface area (Å²) in [6.07, 6.45) is 1.43. The predicted molar refractivity (Wildman–Crippen MR) is 110 cm³/mol. The normalized spacial score (nSPS) is 11.0. The molecule has 0 heterocycles. The Bertz CT molecular complexity index is 1050. The van der Waals surface area contributed by atoms with Crippen molar-refractivity contribution in [1.29, 1.82) is 0 Å². The monoisotopic (exact) mass is 398 g/mol. The van der Waals surface area contributed by atoms with Crippen molar-refractivity contribution in [1.82, 2.24) is 5.43 Å². The predicted octanol–water partition coefficient (Wildman–Crippen LogP) is 4.37. The summed E-state index contributed by atoms with van der Waals surface area (Å²) in [5.41, 5.74) is 3.17. The van der Waals surface area contributed by atoms with E-state index >= 15 is 0 Å². The lowest BCUT2D eigenvalue weighted by Crippen LogP contribution is -2.17. The molecule has 6 nitrogen and oxygen atoms in total. The number of rotatable bonds is 6. The van der Waals surface area contributed by atoms with Crippen LogP contribution in [0.5, 0.6) is 17.2 Å². The number of halogens is 1. The number of benzene rings is 3. The molecule has 0 bridgehead atoms. The average molecular weight is 399 g/mol. The van der Waals surface area contributed by atoms with Gasteiger partial charge in [-0.25, -0.2) is 5.43 Å². The highest BCUT2D eigenvalue weighted by atomic mass is 35.5. The Balaban J connectivity index is 1.79. The third-order valence-corrected chi connectivity index (χ3v) is 4.30. The maximum absolute atomic E-state index is 12.4. The van der Waals surface area contributed by atoms with Crippen LogP contribution in [0.3, 0.4) is 0 Å². The van der Waals surface area contributed by atoms with Gasteiger partial charge in [0.25, 0.3) is 5.91 Å². The molecular weight excluding hydrogens is 380 g/mol. The summed E-state index contributed by atoms with van der Waals surface area (Å²) in [7, 11) is 1.51. The molecule has 3 aromatic carbocycles. The molecule has 0 atom stereocenters. The molecule has 0 radical (unpaired) electrons. The van der Waals surface area contributed by atoms with Crippen molar-refractivity contribution in [3.8, 4) is 17.2 Å². The molecule has 144 valence electrons. The largest absolute Gasteiger partial charge is 0.507 e. The molecule has 0 aromatic heterocycles. The SMILES string of the molecule is CCOc1cc(C=NNC(=O)c2cc3ccccc3cc2O)cc(Cl)c1OC. The Hall–Kier alpha value is -3.25. The lowest BCUT2D eigenvalue weighted by molar-refractivity contribution is 0.0952. The summed E-state index contributed by atoms with van der Waals surface area (Å²) in [5.74, 6) is 0.282. The van der Waals surface area contributed by atoms with Gasteiger partial charge < -0.3 is 14.6 Å². The fourth-order valence-corrected chi connectivity index (χ4v) is 3.06. The molecule has 3 aromatic rings. The van der Waals surface area contributed by atoms with Gasteiger partial charge >= 0.3 is 0 Å². The van der Waals surface area contributed by atoms with E-state index in [0.717, 1.165) is 10.8 Å². The highest BCUT2D eigenvalue weighted by molar-refractivity contribution is 6.32. The first-order valence-electron chi connectivity index (χ1n) is 8.59. The maximum Gasteiger partial charge on any atom is 0.275 e. The number of phenolic OH excluding ortho intramolecular Hbond substituents is 1. The van der Waals surface area contributed by atoms with Crippen molar-refractivity contribution in [3.05, 3.63) is 64.7 Å². The molecule has 0 aliphatic rings. The minimum atomic E-state index is -0.524. The number of carbonyl (C=O) groups excluding carboxylic acids is 1. The Labute approximate surface area is 167 Å². The van der Waals surface area contributed by atoms with E-state index in [1.807, 2.05) is 31.2 Å². The third kappa shape index (κ3) is 4.18. The van der Waals surface area contributed by atoms with Gasteiger partial charge in [0.2, 0.25) is 0 Å². The van der Waals surface area contributed by atoms with Crippen molar-refractivity contribution in [2.75, 3.05) is 13.7 Å². The lowest BCUT2D eigenvalue weighted by Gasteiger charge is -2.11. The van der Waals surface area contributed by atoms with Gasteiger partial charge in [0.1, 0.15) is 5.75 Å². The molecule has 0 unspecified atom stereocenters. The fourth-order valence-electron chi connectivity index (χ4n) is 2.76. The van der Waals surface area contributed by atoms with Crippen LogP contribution in [0.25, 0.3) is 10.8 Å². The molecule has 0 spiro atoms. The van der Waals surface area contributed by atoms with E-state index < -0.39 is 5.91 Å². The number of ether oxygens (including phenoxy) is 2. The van der Waals surface area contributed by atoms with E-state index in [0.29, 0.717) is 28.7 Å². The zero-order valence-electron chi connectivity index (χ0n) is 15.4. The van der Waals surface area contributed by atoms with E-state index in [1.54, 1.807) is 24.3 Å². The van der Waals surface area contributed by atoms with E-state index in [2.05, 4.69) is 10.5 Å². The van der Waals surface area contributed by atoms with Gasteiger partial charge in [0, 0.05) is 0 Å². The highest BCUT2D eigenvalue weighted by Crippen LogP contribution is 2.35. The van der Waals surface area contributed by atoms with Crippen LogP contribution in [0.15, 0.2) is 53.6 Å². The molecule has 0 aliphatic carbocycles. The van der Waals surface area contributed by atoms with Gasteiger partial charge in [-0.2, -0.15) is 5.10 Å². The quantitative estimate of drug-likeness (QED) is 0.477.